The van der Waals surface area contributed by atoms with Gasteiger partial charge in [-0.15, -0.1) is 0 Å². The van der Waals surface area contributed by atoms with Crippen LogP contribution in [-0.2, 0) is 0 Å². The first kappa shape index (κ1) is 21.5. The molecule has 0 radical (unpaired) electrons. The van der Waals surface area contributed by atoms with Crippen molar-refractivity contribution in [2.45, 2.75) is 0 Å². The van der Waals surface area contributed by atoms with E-state index in [1.165, 1.54) is 49.6 Å². The van der Waals surface area contributed by atoms with Gasteiger partial charge in [0, 0.05) is 28.7 Å². The molecule has 0 spiro atoms. The molecular formula is C25H14F6O. The van der Waals surface area contributed by atoms with Crippen molar-refractivity contribution in [1.82, 2.24) is 0 Å². The molecule has 7 heteroatoms. The van der Waals surface area contributed by atoms with Crippen molar-refractivity contribution in [2.24, 2.45) is 0 Å². The van der Waals surface area contributed by atoms with E-state index in [-0.39, 0.29) is 28.0 Å². The van der Waals surface area contributed by atoms with Crippen molar-refractivity contribution in [1.29, 1.82) is 0 Å². The van der Waals surface area contributed by atoms with Crippen LogP contribution in [0.5, 0.6) is 5.75 Å². The maximum Gasteiger partial charge on any atom is 0.271 e. The zero-order chi connectivity index (χ0) is 23.0. The Morgan fingerprint density at radius 1 is 0.719 bits per heavy atom. The minimum absolute atomic E-state index is 0.0820. The molecule has 0 fully saturated rings. The van der Waals surface area contributed by atoms with E-state index in [9.17, 15) is 26.3 Å². The van der Waals surface area contributed by atoms with Gasteiger partial charge in [0.25, 0.3) is 6.08 Å². The van der Waals surface area contributed by atoms with Gasteiger partial charge in [-0.05, 0) is 46.8 Å². The number of fused-ring (bicyclic) bond motifs is 1. The summed E-state index contributed by atoms with van der Waals surface area (Å²) in [4.78, 5) is 0. The highest BCUT2D eigenvalue weighted by Gasteiger charge is 2.16. The topological polar surface area (TPSA) is 9.23 Å². The summed E-state index contributed by atoms with van der Waals surface area (Å²) in [5.41, 5.74) is 0.0792. The van der Waals surface area contributed by atoms with E-state index in [4.69, 9.17) is 4.74 Å². The molecule has 32 heavy (non-hydrogen) atoms. The maximum atomic E-state index is 14.9. The zero-order valence-electron chi connectivity index (χ0n) is 16.5. The summed E-state index contributed by atoms with van der Waals surface area (Å²) in [6.07, 6.45) is -2.11. The predicted octanol–water partition coefficient (Wildman–Crippen LogP) is 7.98. The highest BCUT2D eigenvalue weighted by atomic mass is 19.3. The Hall–Kier alpha value is -3.74. The molecule has 4 rings (SSSR count). The largest absolute Gasteiger partial charge is 0.497 e. The van der Waals surface area contributed by atoms with E-state index >= 15 is 0 Å². The van der Waals surface area contributed by atoms with Crippen LogP contribution >= 0.6 is 0 Å². The molecule has 0 aliphatic heterocycles. The molecule has 0 heterocycles. The molecule has 0 atom stereocenters. The number of rotatable bonds is 4. The average molecular weight is 444 g/mol. The summed E-state index contributed by atoms with van der Waals surface area (Å²) in [5.74, 6) is -3.22. The third-order valence-electron chi connectivity index (χ3n) is 5.08. The van der Waals surface area contributed by atoms with E-state index in [1.54, 1.807) is 6.07 Å². The van der Waals surface area contributed by atoms with E-state index < -0.39 is 34.9 Å². The van der Waals surface area contributed by atoms with Gasteiger partial charge >= 0.3 is 0 Å². The number of ether oxygens (including phenoxy) is 1. The summed E-state index contributed by atoms with van der Waals surface area (Å²) in [6.45, 7) is 0. The van der Waals surface area contributed by atoms with Crippen molar-refractivity contribution < 1.29 is 31.1 Å². The fourth-order valence-corrected chi connectivity index (χ4v) is 3.53. The number of halogens is 6. The highest BCUT2D eigenvalue weighted by Crippen LogP contribution is 2.34. The molecule has 0 aliphatic carbocycles. The lowest BCUT2D eigenvalue weighted by molar-refractivity contribution is 0.411. The first-order chi connectivity index (χ1) is 15.3. The van der Waals surface area contributed by atoms with Gasteiger partial charge in [-0.1, -0.05) is 24.3 Å². The van der Waals surface area contributed by atoms with Gasteiger partial charge in [0.05, 0.1) is 12.7 Å². The molecule has 4 aromatic carbocycles. The van der Waals surface area contributed by atoms with Crippen molar-refractivity contribution in [3.8, 4) is 28.0 Å². The van der Waals surface area contributed by atoms with Crippen LogP contribution in [-0.4, -0.2) is 7.11 Å². The Morgan fingerprint density at radius 2 is 1.34 bits per heavy atom. The van der Waals surface area contributed by atoms with Gasteiger partial charge in [-0.3, -0.25) is 0 Å². The SMILES string of the molecule is COc1ccc(-c2ccc(-c3ccc4c(F)c(C=C(F)F)c(F)cc4c3)c(F)c2)c(F)c1. The molecule has 162 valence electrons. The van der Waals surface area contributed by atoms with Crippen LogP contribution < -0.4 is 4.74 Å². The van der Waals surface area contributed by atoms with Crippen LogP contribution in [0.25, 0.3) is 39.1 Å². The second kappa shape index (κ2) is 8.42. The van der Waals surface area contributed by atoms with Crippen LogP contribution in [0.4, 0.5) is 26.3 Å². The number of hydrogen-bond donors (Lipinski definition) is 0. The minimum Gasteiger partial charge on any atom is -0.497 e. The lowest BCUT2D eigenvalue weighted by Gasteiger charge is -2.11. The Balaban J connectivity index is 1.77. The molecule has 0 amide bonds. The standard InChI is InChI=1S/C25H14F6O/c1-32-16-4-7-18(23(28)11-16)14-2-5-17(21(26)9-14)13-3-6-19-15(8-13)10-22(27)20(25(19)31)12-24(29)30/h2-12H,1H3. The Kier molecular flexibility index (Phi) is 5.65. The summed E-state index contributed by atoms with van der Waals surface area (Å²) in [7, 11) is 1.40. The summed E-state index contributed by atoms with van der Waals surface area (Å²) < 4.78 is 87.8. The van der Waals surface area contributed by atoms with Crippen LogP contribution in [0.3, 0.4) is 0 Å². The molecule has 0 unspecified atom stereocenters. The van der Waals surface area contributed by atoms with Crippen molar-refractivity contribution in [3.05, 3.63) is 95.6 Å². The normalized spacial score (nSPS) is 11.0. The number of methoxy groups -OCH3 is 1. The molecule has 4 aromatic rings. The fourth-order valence-electron chi connectivity index (χ4n) is 3.53. The lowest BCUT2D eigenvalue weighted by atomic mass is 9.96. The van der Waals surface area contributed by atoms with Gasteiger partial charge in [-0.2, -0.15) is 8.78 Å². The second-order valence-corrected chi connectivity index (χ2v) is 7.00. The molecule has 0 saturated heterocycles. The third-order valence-corrected chi connectivity index (χ3v) is 5.08. The van der Waals surface area contributed by atoms with E-state index in [0.717, 1.165) is 12.1 Å². The Bertz CT molecular complexity index is 1370. The highest BCUT2D eigenvalue weighted by molar-refractivity contribution is 5.90. The third kappa shape index (κ3) is 3.93. The van der Waals surface area contributed by atoms with Gasteiger partial charge in [-0.25, -0.2) is 17.6 Å². The maximum absolute atomic E-state index is 14.9. The van der Waals surface area contributed by atoms with Crippen molar-refractivity contribution >= 4 is 16.8 Å². The quantitative estimate of drug-likeness (QED) is 0.290. The number of hydrogen-bond acceptors (Lipinski definition) is 1. The molecule has 0 aliphatic rings. The summed E-state index contributed by atoms with van der Waals surface area (Å²) >= 11 is 0. The molecule has 0 bridgehead atoms. The average Bonchev–Trinajstić information content (AvgIpc) is 2.76. The first-order valence-electron chi connectivity index (χ1n) is 9.37. The van der Waals surface area contributed by atoms with Crippen LogP contribution in [0.1, 0.15) is 5.56 Å². The smallest absolute Gasteiger partial charge is 0.271 e. The fraction of sp³-hybridized carbons (Fsp3) is 0.0400. The second-order valence-electron chi connectivity index (χ2n) is 7.00. The van der Waals surface area contributed by atoms with E-state index in [1.807, 2.05) is 0 Å². The molecular weight excluding hydrogens is 430 g/mol. The van der Waals surface area contributed by atoms with Crippen molar-refractivity contribution in [2.75, 3.05) is 7.11 Å². The summed E-state index contributed by atoms with van der Waals surface area (Å²) in [5, 5.41) is -0.00132. The first-order valence-corrected chi connectivity index (χ1v) is 9.37. The predicted molar refractivity (Wildman–Crippen MR) is 111 cm³/mol. The molecule has 0 saturated carbocycles. The molecule has 1 nitrogen and oxygen atoms in total. The van der Waals surface area contributed by atoms with Crippen LogP contribution in [0.15, 0.2) is 66.7 Å². The van der Waals surface area contributed by atoms with Crippen LogP contribution in [0.2, 0.25) is 0 Å². The van der Waals surface area contributed by atoms with Gasteiger partial charge in [0.2, 0.25) is 0 Å². The van der Waals surface area contributed by atoms with Crippen LogP contribution in [0, 0.1) is 23.3 Å². The molecule has 0 N–H and O–H groups in total. The Labute approximate surface area is 179 Å². The Morgan fingerprint density at radius 3 is 1.97 bits per heavy atom. The van der Waals surface area contributed by atoms with Crippen molar-refractivity contribution in [3.63, 3.8) is 0 Å². The zero-order valence-corrected chi connectivity index (χ0v) is 16.5. The van der Waals surface area contributed by atoms with Gasteiger partial charge in [0.1, 0.15) is 29.0 Å². The minimum atomic E-state index is -2.23. The van der Waals surface area contributed by atoms with Gasteiger partial charge < -0.3 is 4.74 Å². The lowest BCUT2D eigenvalue weighted by Crippen LogP contribution is -1.93. The number of benzene rings is 4. The monoisotopic (exact) mass is 444 g/mol. The molecule has 0 aromatic heterocycles. The van der Waals surface area contributed by atoms with Gasteiger partial charge in [0.15, 0.2) is 0 Å². The van der Waals surface area contributed by atoms with E-state index in [0.29, 0.717) is 16.9 Å². The summed E-state index contributed by atoms with van der Waals surface area (Å²) in [6, 6.07) is 13.2. The van der Waals surface area contributed by atoms with E-state index in [2.05, 4.69) is 0 Å².